The average Bonchev–Trinajstić information content (AvgIpc) is 2.63. The van der Waals surface area contributed by atoms with Crippen molar-refractivity contribution in [2.75, 3.05) is 53.0 Å². The molecule has 0 radical (unpaired) electrons. The van der Waals surface area contributed by atoms with E-state index in [1.807, 2.05) is 18.2 Å². The first kappa shape index (κ1) is 18.0. The number of benzene rings is 1. The molecule has 1 fully saturated rings. The summed E-state index contributed by atoms with van der Waals surface area (Å²) in [6.45, 7) is 8.55. The molecule has 2 aliphatic rings. The van der Waals surface area contributed by atoms with E-state index in [9.17, 15) is 4.79 Å². The molecular weight excluding hydrogens is 318 g/mol. The summed E-state index contributed by atoms with van der Waals surface area (Å²) in [6.07, 6.45) is 1.31. The molecule has 0 aliphatic carbocycles. The quantitative estimate of drug-likeness (QED) is 0.836. The maximum Gasteiger partial charge on any atom is 0.224 e. The lowest BCUT2D eigenvalue weighted by molar-refractivity contribution is -0.121. The fourth-order valence-electron chi connectivity index (χ4n) is 3.28. The SMILES string of the molecule is CC[C@@H](CN1CCN(C)CC1)NC(=O)Cc1ccc2c(c1)OCCO2. The number of rotatable bonds is 6. The van der Waals surface area contributed by atoms with Crippen LogP contribution in [0.3, 0.4) is 0 Å². The van der Waals surface area contributed by atoms with Gasteiger partial charge < -0.3 is 19.7 Å². The highest BCUT2D eigenvalue weighted by atomic mass is 16.6. The van der Waals surface area contributed by atoms with E-state index in [0.717, 1.165) is 56.2 Å². The molecule has 1 N–H and O–H groups in total. The van der Waals surface area contributed by atoms with Gasteiger partial charge in [0.1, 0.15) is 13.2 Å². The van der Waals surface area contributed by atoms with Gasteiger partial charge in [0.2, 0.25) is 5.91 Å². The average molecular weight is 347 g/mol. The predicted molar refractivity (Wildman–Crippen MR) is 97.3 cm³/mol. The van der Waals surface area contributed by atoms with Crippen LogP contribution in [0.2, 0.25) is 0 Å². The molecule has 6 nitrogen and oxygen atoms in total. The van der Waals surface area contributed by atoms with Crippen molar-refractivity contribution in [1.29, 1.82) is 0 Å². The smallest absolute Gasteiger partial charge is 0.224 e. The molecule has 1 aromatic carbocycles. The van der Waals surface area contributed by atoms with Gasteiger partial charge in [0.05, 0.1) is 6.42 Å². The number of amides is 1. The highest BCUT2D eigenvalue weighted by Crippen LogP contribution is 2.30. The molecule has 0 spiro atoms. The van der Waals surface area contributed by atoms with Crippen LogP contribution < -0.4 is 14.8 Å². The number of hydrogen-bond donors (Lipinski definition) is 1. The van der Waals surface area contributed by atoms with Crippen LogP contribution >= 0.6 is 0 Å². The maximum absolute atomic E-state index is 12.4. The number of hydrogen-bond acceptors (Lipinski definition) is 5. The number of piperazine rings is 1. The van der Waals surface area contributed by atoms with Crippen molar-refractivity contribution in [1.82, 2.24) is 15.1 Å². The van der Waals surface area contributed by atoms with Crippen molar-refractivity contribution in [3.05, 3.63) is 23.8 Å². The van der Waals surface area contributed by atoms with E-state index in [-0.39, 0.29) is 11.9 Å². The Morgan fingerprint density at radius 2 is 1.88 bits per heavy atom. The number of ether oxygens (including phenoxy) is 2. The van der Waals surface area contributed by atoms with Crippen molar-refractivity contribution in [3.63, 3.8) is 0 Å². The van der Waals surface area contributed by atoms with Gasteiger partial charge >= 0.3 is 0 Å². The molecule has 0 unspecified atom stereocenters. The minimum Gasteiger partial charge on any atom is -0.486 e. The molecule has 3 rings (SSSR count). The lowest BCUT2D eigenvalue weighted by atomic mass is 10.1. The summed E-state index contributed by atoms with van der Waals surface area (Å²) >= 11 is 0. The van der Waals surface area contributed by atoms with Crippen molar-refractivity contribution in [3.8, 4) is 11.5 Å². The summed E-state index contributed by atoms with van der Waals surface area (Å²) < 4.78 is 11.1. The zero-order valence-electron chi connectivity index (χ0n) is 15.3. The van der Waals surface area contributed by atoms with E-state index in [4.69, 9.17) is 9.47 Å². The van der Waals surface area contributed by atoms with Gasteiger partial charge in [-0.15, -0.1) is 0 Å². The molecule has 0 saturated carbocycles. The first-order chi connectivity index (χ1) is 12.1. The maximum atomic E-state index is 12.4. The topological polar surface area (TPSA) is 54.0 Å². The lowest BCUT2D eigenvalue weighted by Gasteiger charge is -2.34. The second-order valence-electron chi connectivity index (χ2n) is 6.93. The van der Waals surface area contributed by atoms with E-state index in [1.54, 1.807) is 0 Å². The van der Waals surface area contributed by atoms with E-state index in [2.05, 4.69) is 29.1 Å². The van der Waals surface area contributed by atoms with Crippen LogP contribution in [0.5, 0.6) is 11.5 Å². The fraction of sp³-hybridized carbons (Fsp3) is 0.632. The molecule has 6 heteroatoms. The standard InChI is InChI=1S/C19H29N3O3/c1-3-16(14-22-8-6-21(2)7-9-22)20-19(23)13-15-4-5-17-18(12-15)25-11-10-24-17/h4-5,12,16H,3,6-11,13-14H2,1-2H3,(H,20,23)/t16-/m0/s1. The van der Waals surface area contributed by atoms with Gasteiger partial charge in [-0.1, -0.05) is 13.0 Å². The molecule has 0 aromatic heterocycles. The summed E-state index contributed by atoms with van der Waals surface area (Å²) in [7, 11) is 2.16. The van der Waals surface area contributed by atoms with E-state index in [1.165, 1.54) is 0 Å². The molecule has 2 aliphatic heterocycles. The number of nitrogens with one attached hydrogen (secondary N) is 1. The number of likely N-dealkylation sites (N-methyl/N-ethyl adjacent to an activating group) is 1. The van der Waals surface area contributed by atoms with Gasteiger partial charge in [-0.3, -0.25) is 9.69 Å². The van der Waals surface area contributed by atoms with Crippen LogP contribution in [0.25, 0.3) is 0 Å². The summed E-state index contributed by atoms with van der Waals surface area (Å²) in [6, 6.07) is 5.94. The third-order valence-corrected chi connectivity index (χ3v) is 4.90. The van der Waals surface area contributed by atoms with Crippen molar-refractivity contribution >= 4 is 5.91 Å². The van der Waals surface area contributed by atoms with Crippen LogP contribution in [0, 0.1) is 0 Å². The summed E-state index contributed by atoms with van der Waals surface area (Å²) in [5.41, 5.74) is 0.955. The van der Waals surface area contributed by atoms with E-state index < -0.39 is 0 Å². The second kappa shape index (κ2) is 8.54. The number of carbonyl (C=O) groups is 1. The Balaban J connectivity index is 1.50. The summed E-state index contributed by atoms with van der Waals surface area (Å²) in [5, 5.41) is 3.19. The molecular formula is C19H29N3O3. The Kier molecular flexibility index (Phi) is 6.15. The molecule has 1 saturated heterocycles. The monoisotopic (exact) mass is 347 g/mol. The Bertz CT molecular complexity index is 585. The Labute approximate surface area is 150 Å². The van der Waals surface area contributed by atoms with Crippen LogP contribution in [0.1, 0.15) is 18.9 Å². The second-order valence-corrected chi connectivity index (χ2v) is 6.93. The normalized spacial score (nSPS) is 19.4. The molecule has 1 aromatic rings. The zero-order valence-corrected chi connectivity index (χ0v) is 15.3. The third kappa shape index (κ3) is 5.09. The summed E-state index contributed by atoms with van der Waals surface area (Å²) in [5.74, 6) is 1.57. The molecule has 138 valence electrons. The summed E-state index contributed by atoms with van der Waals surface area (Å²) in [4.78, 5) is 17.2. The van der Waals surface area contributed by atoms with Crippen molar-refractivity contribution in [2.24, 2.45) is 0 Å². The van der Waals surface area contributed by atoms with Crippen LogP contribution in [0.4, 0.5) is 0 Å². The van der Waals surface area contributed by atoms with Gasteiger partial charge in [0, 0.05) is 38.8 Å². The van der Waals surface area contributed by atoms with Gasteiger partial charge in [0.15, 0.2) is 11.5 Å². The van der Waals surface area contributed by atoms with E-state index >= 15 is 0 Å². The highest BCUT2D eigenvalue weighted by Gasteiger charge is 2.19. The van der Waals surface area contributed by atoms with Gasteiger partial charge in [-0.2, -0.15) is 0 Å². The predicted octanol–water partition coefficient (Wildman–Crippen LogP) is 1.14. The minimum absolute atomic E-state index is 0.0673. The third-order valence-electron chi connectivity index (χ3n) is 4.90. The Hall–Kier alpha value is -1.79. The van der Waals surface area contributed by atoms with E-state index in [0.29, 0.717) is 19.6 Å². The van der Waals surface area contributed by atoms with Gasteiger partial charge in [-0.05, 0) is 31.2 Å². The van der Waals surface area contributed by atoms with Crippen LogP contribution in [0.15, 0.2) is 18.2 Å². The van der Waals surface area contributed by atoms with Crippen LogP contribution in [-0.4, -0.2) is 74.7 Å². The highest BCUT2D eigenvalue weighted by molar-refractivity contribution is 5.79. The fourth-order valence-corrected chi connectivity index (χ4v) is 3.28. The molecule has 25 heavy (non-hydrogen) atoms. The van der Waals surface area contributed by atoms with Crippen LogP contribution in [-0.2, 0) is 11.2 Å². The number of nitrogens with zero attached hydrogens (tertiary/aromatic N) is 2. The van der Waals surface area contributed by atoms with Gasteiger partial charge in [-0.25, -0.2) is 0 Å². The molecule has 1 amide bonds. The molecule has 0 bridgehead atoms. The Morgan fingerprint density at radius 1 is 1.16 bits per heavy atom. The van der Waals surface area contributed by atoms with Crippen molar-refractivity contribution < 1.29 is 14.3 Å². The van der Waals surface area contributed by atoms with Crippen molar-refractivity contribution in [2.45, 2.75) is 25.8 Å². The first-order valence-corrected chi connectivity index (χ1v) is 9.23. The first-order valence-electron chi connectivity index (χ1n) is 9.23. The number of carbonyl (C=O) groups excluding carboxylic acids is 1. The Morgan fingerprint density at radius 3 is 2.60 bits per heavy atom. The molecule has 2 heterocycles. The largest absolute Gasteiger partial charge is 0.486 e. The molecule has 1 atom stereocenters. The minimum atomic E-state index is 0.0673. The number of fused-ring (bicyclic) bond motifs is 1. The lowest BCUT2D eigenvalue weighted by Crippen LogP contribution is -2.50. The van der Waals surface area contributed by atoms with Gasteiger partial charge in [0.25, 0.3) is 0 Å². The zero-order chi connectivity index (χ0) is 17.6.